The van der Waals surface area contributed by atoms with Gasteiger partial charge in [0, 0.05) is 30.3 Å². The van der Waals surface area contributed by atoms with Crippen LogP contribution in [0.1, 0.15) is 44.7 Å². The van der Waals surface area contributed by atoms with Crippen molar-refractivity contribution in [2.75, 3.05) is 19.6 Å². The summed E-state index contributed by atoms with van der Waals surface area (Å²) in [5.74, 6) is -0.962. The van der Waals surface area contributed by atoms with Gasteiger partial charge in [0.1, 0.15) is 11.6 Å². The first kappa shape index (κ1) is 15.4. The van der Waals surface area contributed by atoms with Crippen molar-refractivity contribution >= 4 is 0 Å². The van der Waals surface area contributed by atoms with Crippen LogP contribution in [0, 0.1) is 11.6 Å². The molecule has 0 amide bonds. The standard InChI is InChI=1S/C16H24F2N2/c1-3-9-20(11-14-5-4-8-19-14)12(2)15-7-6-13(17)10-16(15)18/h6-7,10,12,14,19H,3-5,8-9,11H2,1-2H3. The van der Waals surface area contributed by atoms with Crippen molar-refractivity contribution in [3.05, 3.63) is 35.4 Å². The summed E-state index contributed by atoms with van der Waals surface area (Å²) in [5.41, 5.74) is 0.581. The molecule has 1 fully saturated rings. The van der Waals surface area contributed by atoms with Crippen LogP contribution in [-0.2, 0) is 0 Å². The van der Waals surface area contributed by atoms with Crippen molar-refractivity contribution in [2.45, 2.75) is 45.2 Å². The van der Waals surface area contributed by atoms with Gasteiger partial charge in [-0.05, 0) is 45.3 Å². The van der Waals surface area contributed by atoms with Crippen molar-refractivity contribution in [3.8, 4) is 0 Å². The number of halogens is 2. The Labute approximate surface area is 120 Å². The molecule has 0 aromatic heterocycles. The van der Waals surface area contributed by atoms with E-state index in [0.29, 0.717) is 11.6 Å². The Bertz CT molecular complexity index is 430. The van der Waals surface area contributed by atoms with E-state index < -0.39 is 11.6 Å². The lowest BCUT2D eigenvalue weighted by atomic mass is 10.0. The maximum Gasteiger partial charge on any atom is 0.130 e. The molecule has 2 atom stereocenters. The smallest absolute Gasteiger partial charge is 0.130 e. The van der Waals surface area contributed by atoms with Crippen LogP contribution in [-0.4, -0.2) is 30.6 Å². The molecule has 20 heavy (non-hydrogen) atoms. The second-order valence-electron chi connectivity index (χ2n) is 5.63. The number of nitrogens with zero attached hydrogens (tertiary/aromatic N) is 1. The fourth-order valence-electron chi connectivity index (χ4n) is 2.96. The molecule has 1 saturated heterocycles. The summed E-state index contributed by atoms with van der Waals surface area (Å²) in [6.45, 7) is 7.05. The van der Waals surface area contributed by atoms with E-state index in [1.165, 1.54) is 18.9 Å². The third kappa shape index (κ3) is 3.76. The summed E-state index contributed by atoms with van der Waals surface area (Å²) in [4.78, 5) is 2.29. The molecule has 1 aromatic rings. The Morgan fingerprint density at radius 3 is 2.80 bits per heavy atom. The van der Waals surface area contributed by atoms with Gasteiger partial charge in [-0.15, -0.1) is 0 Å². The highest BCUT2D eigenvalue weighted by atomic mass is 19.1. The predicted octanol–water partition coefficient (Wildman–Crippen LogP) is 3.49. The second-order valence-corrected chi connectivity index (χ2v) is 5.63. The van der Waals surface area contributed by atoms with E-state index in [-0.39, 0.29) is 6.04 Å². The Hall–Kier alpha value is -1.00. The van der Waals surface area contributed by atoms with Gasteiger partial charge >= 0.3 is 0 Å². The van der Waals surface area contributed by atoms with Gasteiger partial charge in [-0.3, -0.25) is 4.90 Å². The molecule has 1 N–H and O–H groups in total. The molecule has 0 radical (unpaired) electrons. The Balaban J connectivity index is 2.10. The summed E-state index contributed by atoms with van der Waals surface area (Å²) in [6, 6.07) is 4.35. The molecular weight excluding hydrogens is 258 g/mol. The highest BCUT2D eigenvalue weighted by Gasteiger charge is 2.23. The summed E-state index contributed by atoms with van der Waals surface area (Å²) in [5, 5.41) is 3.48. The van der Waals surface area contributed by atoms with Crippen molar-refractivity contribution < 1.29 is 8.78 Å². The molecule has 2 nitrogen and oxygen atoms in total. The van der Waals surface area contributed by atoms with E-state index in [1.807, 2.05) is 6.92 Å². The van der Waals surface area contributed by atoms with Crippen LogP contribution in [0.5, 0.6) is 0 Å². The second kappa shape index (κ2) is 7.14. The maximum absolute atomic E-state index is 13.9. The van der Waals surface area contributed by atoms with Gasteiger partial charge in [-0.2, -0.15) is 0 Å². The Morgan fingerprint density at radius 1 is 1.40 bits per heavy atom. The van der Waals surface area contributed by atoms with E-state index >= 15 is 0 Å². The van der Waals surface area contributed by atoms with E-state index in [2.05, 4.69) is 17.1 Å². The average Bonchev–Trinajstić information content (AvgIpc) is 2.90. The third-order valence-corrected chi connectivity index (χ3v) is 4.09. The number of benzene rings is 1. The molecule has 1 heterocycles. The van der Waals surface area contributed by atoms with E-state index in [0.717, 1.165) is 32.1 Å². The summed E-state index contributed by atoms with van der Waals surface area (Å²) >= 11 is 0. The maximum atomic E-state index is 13.9. The first-order chi connectivity index (χ1) is 9.61. The highest BCUT2D eigenvalue weighted by molar-refractivity contribution is 5.21. The molecule has 0 saturated carbocycles. The topological polar surface area (TPSA) is 15.3 Å². The molecule has 1 aliphatic heterocycles. The lowest BCUT2D eigenvalue weighted by Gasteiger charge is -2.31. The van der Waals surface area contributed by atoms with E-state index in [1.54, 1.807) is 6.07 Å². The molecule has 112 valence electrons. The van der Waals surface area contributed by atoms with Crippen LogP contribution in [0.2, 0.25) is 0 Å². The van der Waals surface area contributed by atoms with Gasteiger partial charge in [0.2, 0.25) is 0 Å². The zero-order valence-electron chi connectivity index (χ0n) is 12.3. The lowest BCUT2D eigenvalue weighted by Crippen LogP contribution is -2.39. The normalized spacial score (nSPS) is 20.6. The molecular formula is C16H24F2N2. The van der Waals surface area contributed by atoms with Gasteiger partial charge < -0.3 is 5.32 Å². The molecule has 0 aliphatic carbocycles. The van der Waals surface area contributed by atoms with E-state index in [9.17, 15) is 8.78 Å². The number of hydrogen-bond donors (Lipinski definition) is 1. The summed E-state index contributed by atoms with van der Waals surface area (Å²) in [6.07, 6.45) is 3.42. The van der Waals surface area contributed by atoms with Crippen LogP contribution in [0.25, 0.3) is 0 Å². The number of nitrogens with one attached hydrogen (secondary N) is 1. The summed E-state index contributed by atoms with van der Waals surface area (Å²) in [7, 11) is 0. The largest absolute Gasteiger partial charge is 0.313 e. The third-order valence-electron chi connectivity index (χ3n) is 4.09. The average molecular weight is 282 g/mol. The minimum absolute atomic E-state index is 0.0297. The zero-order chi connectivity index (χ0) is 14.5. The van der Waals surface area contributed by atoms with Gasteiger partial charge in [0.05, 0.1) is 0 Å². The quantitative estimate of drug-likeness (QED) is 0.859. The Kier molecular flexibility index (Phi) is 5.49. The van der Waals surface area contributed by atoms with Gasteiger partial charge in [-0.1, -0.05) is 13.0 Å². The zero-order valence-corrected chi connectivity index (χ0v) is 12.3. The molecule has 4 heteroatoms. The molecule has 0 bridgehead atoms. The fraction of sp³-hybridized carbons (Fsp3) is 0.625. The fourth-order valence-corrected chi connectivity index (χ4v) is 2.96. The van der Waals surface area contributed by atoms with Crippen LogP contribution in [0.4, 0.5) is 8.78 Å². The Morgan fingerprint density at radius 2 is 2.20 bits per heavy atom. The van der Waals surface area contributed by atoms with Gasteiger partial charge in [0.25, 0.3) is 0 Å². The molecule has 1 aromatic carbocycles. The minimum atomic E-state index is -0.516. The van der Waals surface area contributed by atoms with Crippen molar-refractivity contribution in [1.29, 1.82) is 0 Å². The minimum Gasteiger partial charge on any atom is -0.313 e. The van der Waals surface area contributed by atoms with Crippen LogP contribution < -0.4 is 5.32 Å². The lowest BCUT2D eigenvalue weighted by molar-refractivity contribution is 0.189. The van der Waals surface area contributed by atoms with Crippen LogP contribution in [0.3, 0.4) is 0 Å². The first-order valence-corrected chi connectivity index (χ1v) is 7.54. The van der Waals surface area contributed by atoms with Crippen molar-refractivity contribution in [2.24, 2.45) is 0 Å². The predicted molar refractivity (Wildman–Crippen MR) is 77.7 cm³/mol. The van der Waals surface area contributed by atoms with Crippen molar-refractivity contribution in [1.82, 2.24) is 10.2 Å². The molecule has 2 rings (SSSR count). The SMILES string of the molecule is CCCN(CC1CCCN1)C(C)c1ccc(F)cc1F. The number of rotatable bonds is 6. The molecule has 0 spiro atoms. The van der Waals surface area contributed by atoms with Gasteiger partial charge in [-0.25, -0.2) is 8.78 Å². The van der Waals surface area contributed by atoms with Crippen LogP contribution in [0.15, 0.2) is 18.2 Å². The van der Waals surface area contributed by atoms with Gasteiger partial charge in [0.15, 0.2) is 0 Å². The number of hydrogen-bond acceptors (Lipinski definition) is 2. The molecule has 2 unspecified atom stereocenters. The first-order valence-electron chi connectivity index (χ1n) is 7.54. The summed E-state index contributed by atoms with van der Waals surface area (Å²) < 4.78 is 27.0. The van der Waals surface area contributed by atoms with E-state index in [4.69, 9.17) is 0 Å². The highest BCUT2D eigenvalue weighted by Crippen LogP contribution is 2.25. The molecule has 1 aliphatic rings. The van der Waals surface area contributed by atoms with Crippen LogP contribution >= 0.6 is 0 Å². The van der Waals surface area contributed by atoms with Crippen molar-refractivity contribution in [3.63, 3.8) is 0 Å². The monoisotopic (exact) mass is 282 g/mol.